The molecule has 0 bridgehead atoms. The number of thiophene rings is 1. The maximum atomic E-state index is 2.44. The summed E-state index contributed by atoms with van der Waals surface area (Å²) in [5.74, 6) is 0. The van der Waals surface area contributed by atoms with Crippen molar-refractivity contribution in [1.29, 1.82) is 0 Å². The number of nitrogens with zero attached hydrogens (tertiary/aromatic N) is 2. The predicted octanol–water partition coefficient (Wildman–Crippen LogP) is 18.8. The zero-order valence-electron chi connectivity index (χ0n) is 36.7. The molecule has 1 heterocycles. The Labute approximate surface area is 395 Å². The standard InChI is InChI=1S/C64H44N2S/c1-4-16-45(17-5-1)48-34-37-55(38-35-48)65(59-39-36-53-40-52(32-33-54(53)44-59)47-20-8-3-9-21-47)56-25-13-23-50(42-56)51-24-14-27-58(43-51)66(57-26-12-22-49(41-57)46-18-6-2-7-19-46)62-30-15-29-61-60-28-10-11-31-63(60)67-64(61)62/h1-44H. The SMILES string of the molecule is c1ccc(-c2ccc(N(c3cccc(-c4cccc(N(c5cccc(-c6ccccc6)c5)c5cccc6c5sc5ccccc56)c4)c3)c3ccc4cc(-c5ccccc5)ccc4c3)cc2)cc1. The van der Waals surface area contributed by atoms with Gasteiger partial charge in [-0.1, -0.05) is 188 Å². The van der Waals surface area contributed by atoms with Crippen molar-refractivity contribution in [1.82, 2.24) is 0 Å². The van der Waals surface area contributed by atoms with Crippen molar-refractivity contribution < 1.29 is 0 Å². The van der Waals surface area contributed by atoms with Gasteiger partial charge in [0.25, 0.3) is 0 Å². The lowest BCUT2D eigenvalue weighted by atomic mass is 10.00. The Balaban J connectivity index is 0.976. The molecule has 0 saturated carbocycles. The molecule has 11 aromatic carbocycles. The predicted molar refractivity (Wildman–Crippen MR) is 288 cm³/mol. The van der Waals surface area contributed by atoms with Crippen LogP contribution in [0.25, 0.3) is 75.5 Å². The van der Waals surface area contributed by atoms with Gasteiger partial charge in [-0.2, -0.15) is 0 Å². The molecule has 1 aromatic heterocycles. The zero-order valence-corrected chi connectivity index (χ0v) is 37.5. The van der Waals surface area contributed by atoms with Crippen LogP contribution in [0.3, 0.4) is 0 Å². The van der Waals surface area contributed by atoms with E-state index in [-0.39, 0.29) is 0 Å². The highest BCUT2D eigenvalue weighted by Gasteiger charge is 2.20. The number of anilines is 6. The van der Waals surface area contributed by atoms with E-state index in [1.54, 1.807) is 0 Å². The largest absolute Gasteiger partial charge is 0.310 e. The number of hydrogen-bond donors (Lipinski definition) is 0. The third-order valence-electron chi connectivity index (χ3n) is 12.8. The monoisotopic (exact) mass is 872 g/mol. The second-order valence-electron chi connectivity index (χ2n) is 17.0. The van der Waals surface area contributed by atoms with Gasteiger partial charge >= 0.3 is 0 Å². The van der Waals surface area contributed by atoms with Gasteiger partial charge in [0.1, 0.15) is 0 Å². The van der Waals surface area contributed by atoms with Crippen LogP contribution in [0.15, 0.2) is 267 Å². The van der Waals surface area contributed by atoms with E-state index in [1.165, 1.54) is 64.3 Å². The molecule has 67 heavy (non-hydrogen) atoms. The van der Waals surface area contributed by atoms with E-state index in [9.17, 15) is 0 Å². The van der Waals surface area contributed by atoms with E-state index in [0.717, 1.165) is 45.3 Å². The fourth-order valence-corrected chi connectivity index (χ4v) is 10.7. The molecule has 0 unspecified atom stereocenters. The highest BCUT2D eigenvalue weighted by atomic mass is 32.1. The first-order valence-corrected chi connectivity index (χ1v) is 23.6. The van der Waals surface area contributed by atoms with Crippen molar-refractivity contribution in [2.24, 2.45) is 0 Å². The lowest BCUT2D eigenvalue weighted by Gasteiger charge is -2.28. The number of rotatable bonds is 10. The van der Waals surface area contributed by atoms with Crippen LogP contribution in [-0.2, 0) is 0 Å². The zero-order chi connectivity index (χ0) is 44.5. The van der Waals surface area contributed by atoms with Crippen LogP contribution in [0.4, 0.5) is 34.1 Å². The summed E-state index contributed by atoms with van der Waals surface area (Å²) in [7, 11) is 0. The molecule has 0 amide bonds. The van der Waals surface area contributed by atoms with Crippen molar-refractivity contribution in [2.75, 3.05) is 9.80 Å². The van der Waals surface area contributed by atoms with E-state index in [0.29, 0.717) is 0 Å². The van der Waals surface area contributed by atoms with Crippen LogP contribution in [0.1, 0.15) is 0 Å². The molecule has 0 saturated heterocycles. The van der Waals surface area contributed by atoms with Crippen LogP contribution in [0, 0.1) is 0 Å². The molecule has 0 N–H and O–H groups in total. The fraction of sp³-hybridized carbons (Fsp3) is 0. The van der Waals surface area contributed by atoms with E-state index >= 15 is 0 Å². The molecule has 0 radical (unpaired) electrons. The first-order chi connectivity index (χ1) is 33.2. The minimum absolute atomic E-state index is 1.08. The minimum Gasteiger partial charge on any atom is -0.310 e. The summed E-state index contributed by atoms with van der Waals surface area (Å²) >= 11 is 1.86. The molecule has 2 nitrogen and oxygen atoms in total. The van der Waals surface area contributed by atoms with E-state index in [1.807, 2.05) is 11.3 Å². The quantitative estimate of drug-likeness (QED) is 0.135. The number of benzene rings is 11. The van der Waals surface area contributed by atoms with Gasteiger partial charge in [-0.3, -0.25) is 0 Å². The van der Waals surface area contributed by atoms with Crippen molar-refractivity contribution >= 4 is 76.4 Å². The molecular formula is C64H44N2S. The minimum atomic E-state index is 1.08. The van der Waals surface area contributed by atoms with Crippen molar-refractivity contribution in [3.8, 4) is 44.5 Å². The summed E-state index contributed by atoms with van der Waals surface area (Å²) in [5.41, 5.74) is 16.1. The topological polar surface area (TPSA) is 6.48 Å². The third kappa shape index (κ3) is 7.82. The van der Waals surface area contributed by atoms with Gasteiger partial charge in [-0.15, -0.1) is 11.3 Å². The Morgan fingerprint density at radius 1 is 0.239 bits per heavy atom. The van der Waals surface area contributed by atoms with Crippen molar-refractivity contribution in [2.45, 2.75) is 0 Å². The average Bonchev–Trinajstić information content (AvgIpc) is 3.80. The molecular weight excluding hydrogens is 829 g/mol. The Hall–Kier alpha value is -8.50. The molecule has 316 valence electrons. The second-order valence-corrected chi connectivity index (χ2v) is 18.0. The van der Waals surface area contributed by atoms with Gasteiger partial charge in [0, 0.05) is 43.9 Å². The van der Waals surface area contributed by atoms with Gasteiger partial charge < -0.3 is 9.80 Å². The molecule has 0 aliphatic carbocycles. The molecule has 0 spiro atoms. The Morgan fingerprint density at radius 3 is 1.27 bits per heavy atom. The van der Waals surface area contributed by atoms with Gasteiger partial charge in [0.2, 0.25) is 0 Å². The van der Waals surface area contributed by atoms with Crippen LogP contribution in [0.5, 0.6) is 0 Å². The highest BCUT2D eigenvalue weighted by molar-refractivity contribution is 7.26. The molecule has 0 atom stereocenters. The van der Waals surface area contributed by atoms with Crippen LogP contribution in [-0.4, -0.2) is 0 Å². The summed E-state index contributed by atoms with van der Waals surface area (Å²) in [6.45, 7) is 0. The normalized spacial score (nSPS) is 11.3. The van der Waals surface area contributed by atoms with E-state index in [4.69, 9.17) is 0 Å². The summed E-state index contributed by atoms with van der Waals surface area (Å²) in [6, 6.07) is 96.9. The Kier molecular flexibility index (Phi) is 10.4. The molecule has 3 heteroatoms. The highest BCUT2D eigenvalue weighted by Crippen LogP contribution is 2.46. The van der Waals surface area contributed by atoms with Crippen LogP contribution < -0.4 is 9.80 Å². The first-order valence-electron chi connectivity index (χ1n) is 22.8. The smallest absolute Gasteiger partial charge is 0.0640 e. The van der Waals surface area contributed by atoms with Gasteiger partial charge in [0.15, 0.2) is 0 Å². The third-order valence-corrected chi connectivity index (χ3v) is 14.0. The first kappa shape index (κ1) is 40.0. The summed E-state index contributed by atoms with van der Waals surface area (Å²) in [5, 5.41) is 4.96. The molecule has 12 aromatic rings. The van der Waals surface area contributed by atoms with Gasteiger partial charge in [-0.25, -0.2) is 0 Å². The Morgan fingerprint density at radius 2 is 0.642 bits per heavy atom. The summed E-state index contributed by atoms with van der Waals surface area (Å²) in [6.07, 6.45) is 0. The molecule has 0 aliphatic rings. The average molecular weight is 873 g/mol. The maximum absolute atomic E-state index is 2.44. The van der Waals surface area contributed by atoms with Crippen molar-refractivity contribution in [3.63, 3.8) is 0 Å². The lowest BCUT2D eigenvalue weighted by Crippen LogP contribution is -2.11. The van der Waals surface area contributed by atoms with Crippen LogP contribution >= 0.6 is 11.3 Å². The molecule has 12 rings (SSSR count). The number of fused-ring (bicyclic) bond motifs is 4. The second kappa shape index (κ2) is 17.5. The molecule has 0 aliphatic heterocycles. The van der Waals surface area contributed by atoms with Crippen molar-refractivity contribution in [3.05, 3.63) is 267 Å². The van der Waals surface area contributed by atoms with Gasteiger partial charge in [-0.05, 0) is 134 Å². The molecule has 0 fully saturated rings. The summed E-state index contributed by atoms with van der Waals surface area (Å²) < 4.78 is 2.55. The lowest BCUT2D eigenvalue weighted by molar-refractivity contribution is 1.29. The summed E-state index contributed by atoms with van der Waals surface area (Å²) in [4.78, 5) is 4.83. The fourth-order valence-electron chi connectivity index (χ4n) is 9.50. The number of hydrogen-bond acceptors (Lipinski definition) is 3. The van der Waals surface area contributed by atoms with E-state index in [2.05, 4.69) is 277 Å². The van der Waals surface area contributed by atoms with Gasteiger partial charge in [0.05, 0.1) is 10.4 Å². The van der Waals surface area contributed by atoms with E-state index < -0.39 is 0 Å². The maximum Gasteiger partial charge on any atom is 0.0640 e. The van der Waals surface area contributed by atoms with Crippen LogP contribution in [0.2, 0.25) is 0 Å². The Bertz CT molecular complexity index is 3690.